The third kappa shape index (κ3) is 3.21. The topological polar surface area (TPSA) is 76.9 Å². The quantitative estimate of drug-likeness (QED) is 0.762. The van der Waals surface area contributed by atoms with Crippen molar-refractivity contribution in [1.29, 1.82) is 0 Å². The van der Waals surface area contributed by atoms with E-state index in [2.05, 4.69) is 14.8 Å². The second-order valence-electron chi connectivity index (χ2n) is 4.58. The Balaban J connectivity index is 1.97. The predicted octanol–water partition coefficient (Wildman–Crippen LogP) is 3.23. The van der Waals surface area contributed by atoms with Crippen molar-refractivity contribution < 1.29 is 12.8 Å². The van der Waals surface area contributed by atoms with Crippen LogP contribution in [0.25, 0.3) is 5.13 Å². The summed E-state index contributed by atoms with van der Waals surface area (Å²) in [6, 6.07) is 4.81. The van der Waals surface area contributed by atoms with Crippen LogP contribution in [0.3, 0.4) is 0 Å². The zero-order chi connectivity index (χ0) is 16.6. The molecule has 0 saturated heterocycles. The summed E-state index contributed by atoms with van der Waals surface area (Å²) in [6.45, 7) is 1.82. The Bertz CT molecular complexity index is 968. The van der Waals surface area contributed by atoms with Gasteiger partial charge in [0, 0.05) is 16.5 Å². The van der Waals surface area contributed by atoms with E-state index in [1.165, 1.54) is 34.3 Å². The SMILES string of the molecule is Cc1csc(-n2nccc2NS(=O)(=O)c2ccc(Cl)cc2F)n1. The number of hydrogen-bond acceptors (Lipinski definition) is 5. The molecule has 0 atom stereocenters. The maximum absolute atomic E-state index is 13.9. The lowest BCUT2D eigenvalue weighted by molar-refractivity contribution is 0.570. The number of hydrogen-bond donors (Lipinski definition) is 1. The van der Waals surface area contributed by atoms with Crippen molar-refractivity contribution in [3.05, 3.63) is 52.4 Å². The van der Waals surface area contributed by atoms with Gasteiger partial charge >= 0.3 is 0 Å². The molecule has 23 heavy (non-hydrogen) atoms. The fourth-order valence-corrected chi connectivity index (χ4v) is 3.89. The van der Waals surface area contributed by atoms with Crippen molar-refractivity contribution in [2.24, 2.45) is 0 Å². The van der Waals surface area contributed by atoms with E-state index in [0.29, 0.717) is 5.13 Å². The largest absolute Gasteiger partial charge is 0.265 e. The van der Waals surface area contributed by atoms with Crippen molar-refractivity contribution in [1.82, 2.24) is 14.8 Å². The minimum absolute atomic E-state index is 0.116. The van der Waals surface area contributed by atoms with Gasteiger partial charge in [-0.25, -0.2) is 17.8 Å². The number of halogens is 2. The van der Waals surface area contributed by atoms with Crippen LogP contribution in [0.4, 0.5) is 10.2 Å². The highest BCUT2D eigenvalue weighted by Gasteiger charge is 2.21. The summed E-state index contributed by atoms with van der Waals surface area (Å²) in [6.07, 6.45) is 1.42. The molecule has 0 radical (unpaired) electrons. The molecule has 0 unspecified atom stereocenters. The summed E-state index contributed by atoms with van der Waals surface area (Å²) in [5, 5.41) is 6.47. The van der Waals surface area contributed by atoms with Gasteiger partial charge in [-0.3, -0.25) is 4.72 Å². The second-order valence-corrected chi connectivity index (χ2v) is 7.50. The summed E-state index contributed by atoms with van der Waals surface area (Å²) >= 11 is 6.95. The molecule has 10 heteroatoms. The highest BCUT2D eigenvalue weighted by molar-refractivity contribution is 7.92. The van der Waals surface area contributed by atoms with Crippen LogP contribution in [0.15, 0.2) is 40.7 Å². The van der Waals surface area contributed by atoms with Gasteiger partial charge in [-0.05, 0) is 25.1 Å². The van der Waals surface area contributed by atoms with Gasteiger partial charge in [0.25, 0.3) is 10.0 Å². The number of nitrogens with one attached hydrogen (secondary N) is 1. The van der Waals surface area contributed by atoms with Gasteiger partial charge in [0.1, 0.15) is 16.5 Å². The molecule has 0 amide bonds. The number of thiazole rings is 1. The third-order valence-corrected chi connectivity index (χ3v) is 5.41. The Labute approximate surface area is 140 Å². The molecule has 120 valence electrons. The molecule has 6 nitrogen and oxygen atoms in total. The molecule has 0 aliphatic rings. The Morgan fingerprint density at radius 3 is 2.78 bits per heavy atom. The molecular weight excluding hydrogens is 363 g/mol. The number of anilines is 1. The van der Waals surface area contributed by atoms with Crippen LogP contribution in [0.2, 0.25) is 5.02 Å². The summed E-state index contributed by atoms with van der Waals surface area (Å²) in [7, 11) is -4.12. The number of rotatable bonds is 4. The van der Waals surface area contributed by atoms with Crippen LogP contribution >= 0.6 is 22.9 Å². The minimum Gasteiger partial charge on any atom is -0.263 e. The Kier molecular flexibility index (Phi) is 4.09. The first-order valence-electron chi connectivity index (χ1n) is 6.31. The summed E-state index contributed by atoms with van der Waals surface area (Å²) < 4.78 is 42.2. The molecule has 1 N–H and O–H groups in total. The third-order valence-electron chi connectivity index (χ3n) is 2.85. The van der Waals surface area contributed by atoms with E-state index in [4.69, 9.17) is 11.6 Å². The number of aromatic nitrogens is 3. The van der Waals surface area contributed by atoms with Gasteiger partial charge in [-0.1, -0.05) is 11.6 Å². The molecule has 0 spiro atoms. The summed E-state index contributed by atoms with van der Waals surface area (Å²) in [5.74, 6) is -0.769. The number of nitrogens with zero attached hydrogens (tertiary/aromatic N) is 3. The van der Waals surface area contributed by atoms with Gasteiger partial charge in [0.2, 0.25) is 5.13 Å². The maximum Gasteiger partial charge on any atom is 0.265 e. The molecule has 3 rings (SSSR count). The van der Waals surface area contributed by atoms with Crippen molar-refractivity contribution in [3.63, 3.8) is 0 Å². The monoisotopic (exact) mass is 372 g/mol. The second kappa shape index (κ2) is 5.91. The van der Waals surface area contributed by atoms with Gasteiger partial charge in [-0.2, -0.15) is 9.78 Å². The van der Waals surface area contributed by atoms with Crippen molar-refractivity contribution in [2.75, 3.05) is 4.72 Å². The average Bonchev–Trinajstić information content (AvgIpc) is 3.06. The number of aryl methyl sites for hydroxylation is 1. The Morgan fingerprint density at radius 1 is 1.35 bits per heavy atom. The Hall–Kier alpha value is -1.97. The molecule has 0 bridgehead atoms. The molecule has 0 aliphatic heterocycles. The lowest BCUT2D eigenvalue weighted by Crippen LogP contribution is -2.17. The first-order chi connectivity index (χ1) is 10.9. The minimum atomic E-state index is -4.12. The molecule has 2 aromatic heterocycles. The van der Waals surface area contributed by atoms with Crippen LogP contribution in [0.5, 0.6) is 0 Å². The average molecular weight is 373 g/mol. The molecule has 3 aromatic rings. The predicted molar refractivity (Wildman–Crippen MR) is 86.2 cm³/mol. The van der Waals surface area contributed by atoms with Gasteiger partial charge < -0.3 is 0 Å². The zero-order valence-corrected chi connectivity index (χ0v) is 14.1. The van der Waals surface area contributed by atoms with Gasteiger partial charge in [0.15, 0.2) is 0 Å². The van der Waals surface area contributed by atoms with E-state index in [-0.39, 0.29) is 10.8 Å². The highest BCUT2D eigenvalue weighted by Crippen LogP contribution is 2.24. The fraction of sp³-hybridized carbons (Fsp3) is 0.0769. The van der Waals surface area contributed by atoms with Crippen molar-refractivity contribution in [2.45, 2.75) is 11.8 Å². The molecular formula is C13H10ClFN4O2S2. The molecule has 0 aliphatic carbocycles. The van der Waals surface area contributed by atoms with Crippen molar-refractivity contribution in [3.8, 4) is 5.13 Å². The van der Waals surface area contributed by atoms with E-state index >= 15 is 0 Å². The van der Waals surface area contributed by atoms with Crippen LogP contribution in [0.1, 0.15) is 5.69 Å². The van der Waals surface area contributed by atoms with Crippen molar-refractivity contribution >= 4 is 38.8 Å². The highest BCUT2D eigenvalue weighted by atomic mass is 35.5. The summed E-state index contributed by atoms with van der Waals surface area (Å²) in [4.78, 5) is 3.74. The normalized spacial score (nSPS) is 11.6. The molecule has 0 saturated carbocycles. The van der Waals surface area contributed by atoms with Gasteiger partial charge in [-0.15, -0.1) is 11.3 Å². The first-order valence-corrected chi connectivity index (χ1v) is 9.05. The van der Waals surface area contributed by atoms with E-state index in [9.17, 15) is 12.8 Å². The number of benzene rings is 1. The van der Waals surface area contributed by atoms with Crippen LogP contribution in [-0.4, -0.2) is 23.2 Å². The van der Waals surface area contributed by atoms with Crippen LogP contribution in [0, 0.1) is 12.7 Å². The Morgan fingerprint density at radius 2 is 2.13 bits per heavy atom. The molecule has 1 aromatic carbocycles. The van der Waals surface area contributed by atoms with Gasteiger partial charge in [0.05, 0.1) is 11.9 Å². The first kappa shape index (κ1) is 15.9. The lowest BCUT2D eigenvalue weighted by atomic mass is 10.3. The maximum atomic E-state index is 13.9. The fourth-order valence-electron chi connectivity index (χ4n) is 1.86. The number of sulfonamides is 1. The van der Waals surface area contributed by atoms with Crippen LogP contribution < -0.4 is 4.72 Å². The summed E-state index contributed by atoms with van der Waals surface area (Å²) in [5.41, 5.74) is 0.790. The van der Waals surface area contributed by atoms with E-state index in [1.54, 1.807) is 0 Å². The van der Waals surface area contributed by atoms with Crippen LogP contribution in [-0.2, 0) is 10.0 Å². The van der Waals surface area contributed by atoms with E-state index in [0.717, 1.165) is 17.8 Å². The van der Waals surface area contributed by atoms with E-state index in [1.807, 2.05) is 12.3 Å². The van der Waals surface area contributed by atoms with E-state index < -0.39 is 20.7 Å². The zero-order valence-electron chi connectivity index (χ0n) is 11.7. The lowest BCUT2D eigenvalue weighted by Gasteiger charge is -2.09. The standard InChI is InChI=1S/C13H10ClFN4O2S2/c1-8-7-22-13(17-8)19-12(4-5-16-19)18-23(20,21)11-3-2-9(14)6-10(11)15/h2-7,18H,1H3. The molecule has 0 fully saturated rings. The molecule has 2 heterocycles. The smallest absolute Gasteiger partial charge is 0.263 e.